The van der Waals surface area contributed by atoms with Gasteiger partial charge in [0.1, 0.15) is 24.1 Å². The molecule has 0 saturated carbocycles. The molecule has 272 valence electrons. The molecule has 0 aliphatic carbocycles. The fourth-order valence-corrected chi connectivity index (χ4v) is 9.60. The van der Waals surface area contributed by atoms with Gasteiger partial charge in [0.15, 0.2) is 5.82 Å². The molecule has 0 amide bonds. The molecule has 3 heterocycles. The lowest BCUT2D eigenvalue weighted by molar-refractivity contribution is -0.0543. The third kappa shape index (κ3) is 13.2. The van der Waals surface area contributed by atoms with Crippen LogP contribution in [0.3, 0.4) is 0 Å². The number of nitrogen functional groups attached to an aromatic ring is 1. The lowest BCUT2D eigenvalue weighted by atomic mass is 10.0. The Balaban J connectivity index is 0.00000650. The van der Waals surface area contributed by atoms with Gasteiger partial charge in [-0.3, -0.25) is 9.09 Å². The van der Waals surface area contributed by atoms with Gasteiger partial charge < -0.3 is 34.8 Å². The van der Waals surface area contributed by atoms with Gasteiger partial charge in [-0.2, -0.15) is 13.6 Å². The number of nitrogens with zero attached hydrogens (tertiary/aromatic N) is 6. The van der Waals surface area contributed by atoms with Crippen molar-refractivity contribution in [3.05, 3.63) is 58.4 Å². The van der Waals surface area contributed by atoms with Crippen LogP contribution in [-0.2, 0) is 42.7 Å². The highest BCUT2D eigenvalue weighted by atomic mass is 33.1. The minimum absolute atomic E-state index is 0. The number of aromatic nitrogens is 6. The molecule has 2 unspecified atom stereocenters. The van der Waals surface area contributed by atoms with Crippen molar-refractivity contribution in [2.45, 2.75) is 64.2 Å². The Morgan fingerprint density at radius 1 is 1.02 bits per heavy atom. The fraction of sp³-hybridized carbons (Fsp3) is 0.500. The maximum absolute atomic E-state index is 12.4. The molecule has 1 saturated heterocycles. The summed E-state index contributed by atoms with van der Waals surface area (Å²) >= 11 is 0. The number of phosphoric ester groups is 1. The van der Waals surface area contributed by atoms with E-state index in [2.05, 4.69) is 47.8 Å². The van der Waals surface area contributed by atoms with Crippen molar-refractivity contribution in [2.24, 2.45) is 0 Å². The van der Waals surface area contributed by atoms with Crippen LogP contribution in [0.5, 0.6) is 0 Å². The molecule has 1 aliphatic heterocycles. The van der Waals surface area contributed by atoms with Crippen LogP contribution in [0.25, 0.3) is 11.4 Å². The van der Waals surface area contributed by atoms with Crippen LogP contribution in [-0.4, -0.2) is 79.0 Å². The number of nitrogens with two attached hydrogens (primary N) is 1. The van der Waals surface area contributed by atoms with E-state index >= 15 is 0 Å². The van der Waals surface area contributed by atoms with Gasteiger partial charge in [-0.15, -0.1) is 20.4 Å². The smallest absolute Gasteiger partial charge is 0.383 e. The molecule has 25 heteroatoms. The van der Waals surface area contributed by atoms with Gasteiger partial charge in [0, 0.05) is 22.9 Å². The molecule has 5 atom stereocenters. The number of ether oxygens (including phenoxy) is 2. The quantitative estimate of drug-likeness (QED) is 0.0601. The van der Waals surface area contributed by atoms with E-state index in [1.807, 2.05) is 24.3 Å². The van der Waals surface area contributed by atoms with Gasteiger partial charge in [-0.05, 0) is 38.8 Å². The summed E-state index contributed by atoms with van der Waals surface area (Å²) in [6, 6.07) is 9.08. The van der Waals surface area contributed by atoms with E-state index in [0.29, 0.717) is 18.1 Å². The lowest BCUT2D eigenvalue weighted by Crippen LogP contribution is -2.29. The Hall–Kier alpha value is -2.13. The summed E-state index contributed by atoms with van der Waals surface area (Å²) in [6.45, 7) is 5.04. The number of benzene rings is 1. The second kappa shape index (κ2) is 16.9. The van der Waals surface area contributed by atoms with E-state index in [1.165, 1.54) is 23.1 Å². The van der Waals surface area contributed by atoms with Crippen LogP contribution in [0.2, 0.25) is 0 Å². The monoisotopic (exact) mass is 787 g/mol. The van der Waals surface area contributed by atoms with Gasteiger partial charge in [0.05, 0.1) is 12.7 Å². The molecule has 20 nitrogen and oxygen atoms in total. The van der Waals surface area contributed by atoms with Crippen LogP contribution >= 0.6 is 45.1 Å². The number of rotatable bonds is 16. The number of hydrogen-bond acceptors (Lipinski definition) is 17. The zero-order valence-electron chi connectivity index (χ0n) is 25.4. The summed E-state index contributed by atoms with van der Waals surface area (Å²) in [5.41, 5.74) is 6.68. The molecule has 49 heavy (non-hydrogen) atoms. The van der Waals surface area contributed by atoms with E-state index in [-0.39, 0.29) is 30.4 Å². The highest BCUT2D eigenvalue weighted by Crippen LogP contribution is 2.66. The second-order valence-electron chi connectivity index (χ2n) is 10.7. The average molecular weight is 788 g/mol. The molecule has 3 aromatic rings. The first-order valence-corrected chi connectivity index (χ1v) is 20.5. The van der Waals surface area contributed by atoms with Crippen LogP contribution in [0.1, 0.15) is 45.3 Å². The Morgan fingerprint density at radius 3 is 2.29 bits per heavy atom. The second-order valence-corrected chi connectivity index (χ2v) is 18.1. The van der Waals surface area contributed by atoms with Crippen molar-refractivity contribution in [3.63, 3.8) is 0 Å². The SMILES string of the molecule is C.Cc1nnc(-c2ccc(CC(C)(C)SSCO[C@@H]3C[C@H](n4ccc(N)nc4=O)O[C@@H]3COP(=O)(O)OP(=O)(O)OP(=O)(O)O)cc2)nn1. The number of anilines is 1. The zero-order valence-corrected chi connectivity index (χ0v) is 29.7. The van der Waals surface area contributed by atoms with E-state index in [0.717, 1.165) is 15.7 Å². The topological polar surface area (TPSA) is 291 Å². The highest BCUT2D eigenvalue weighted by Gasteiger charge is 2.43. The molecule has 6 N–H and O–H groups in total. The Morgan fingerprint density at radius 2 is 1.67 bits per heavy atom. The third-order valence-electron chi connectivity index (χ3n) is 6.20. The molecule has 0 radical (unpaired) electrons. The molecule has 0 bridgehead atoms. The first-order chi connectivity index (χ1) is 22.3. The normalized spacial score (nSPS) is 20.7. The lowest BCUT2D eigenvalue weighted by Gasteiger charge is -2.24. The highest BCUT2D eigenvalue weighted by molar-refractivity contribution is 8.77. The summed E-state index contributed by atoms with van der Waals surface area (Å²) < 4.78 is 59.8. The summed E-state index contributed by atoms with van der Waals surface area (Å²) in [4.78, 5) is 52.8. The summed E-state index contributed by atoms with van der Waals surface area (Å²) in [5, 5.41) is 16.0. The van der Waals surface area contributed by atoms with Crippen LogP contribution < -0.4 is 11.4 Å². The molecule has 1 aliphatic rings. The Labute approximate surface area is 288 Å². The van der Waals surface area contributed by atoms with E-state index < -0.39 is 54.2 Å². The van der Waals surface area contributed by atoms with Crippen LogP contribution in [0, 0.1) is 6.92 Å². The maximum Gasteiger partial charge on any atom is 0.490 e. The minimum Gasteiger partial charge on any atom is -0.383 e. The number of aryl methyl sites for hydroxylation is 1. The molecule has 2 aromatic heterocycles. The van der Waals surface area contributed by atoms with Gasteiger partial charge in [-0.1, -0.05) is 53.3 Å². The number of phosphoric acid groups is 3. The van der Waals surface area contributed by atoms with Crippen LogP contribution in [0.15, 0.2) is 41.3 Å². The van der Waals surface area contributed by atoms with Crippen molar-refractivity contribution in [1.82, 2.24) is 29.9 Å². The van der Waals surface area contributed by atoms with E-state index in [9.17, 15) is 28.3 Å². The molecular weight excluding hydrogens is 751 g/mol. The van der Waals surface area contributed by atoms with Crippen molar-refractivity contribution in [3.8, 4) is 11.4 Å². The van der Waals surface area contributed by atoms with Crippen LogP contribution in [0.4, 0.5) is 5.82 Å². The van der Waals surface area contributed by atoms with Gasteiger partial charge in [-0.25, -0.2) is 18.5 Å². The van der Waals surface area contributed by atoms with Gasteiger partial charge in [0.2, 0.25) is 5.82 Å². The predicted molar refractivity (Wildman–Crippen MR) is 178 cm³/mol. The average Bonchev–Trinajstić information content (AvgIpc) is 3.35. The van der Waals surface area contributed by atoms with Gasteiger partial charge in [0.25, 0.3) is 0 Å². The summed E-state index contributed by atoms with van der Waals surface area (Å²) in [7, 11) is -13.8. The Bertz CT molecular complexity index is 1770. The van der Waals surface area contributed by atoms with Crippen molar-refractivity contribution >= 4 is 50.9 Å². The minimum atomic E-state index is -5.72. The largest absolute Gasteiger partial charge is 0.490 e. The standard InChI is InChI=1S/C23H32N7O13P3S2.CH4/c1-14-26-28-21(29-27-14)16-6-4-15(5-7-16)11-23(2,3)48-47-13-39-17-10-20(30-9-8-19(24)25-22(30)31)41-18(17)12-40-45(35,36)43-46(37,38)42-44(32,33)34;/h4-9,17-18,20H,10-13H2,1-3H3,(H,35,36)(H,37,38)(H2,24,25,31)(H2,32,33,34);1H4/t17-,18-,20-;/m1./s1. The van der Waals surface area contributed by atoms with Crippen molar-refractivity contribution in [1.29, 1.82) is 0 Å². The summed E-state index contributed by atoms with van der Waals surface area (Å²) in [5.74, 6) is 0.987. The van der Waals surface area contributed by atoms with Gasteiger partial charge >= 0.3 is 29.2 Å². The maximum atomic E-state index is 12.4. The molecule has 1 fully saturated rings. The first kappa shape index (κ1) is 41.3. The predicted octanol–water partition coefficient (Wildman–Crippen LogP) is 3.39. The molecule has 1 aromatic carbocycles. The molecular formula is C24H36N7O13P3S2. The molecule has 4 rings (SSSR count). The molecule has 0 spiro atoms. The van der Waals surface area contributed by atoms with Crippen molar-refractivity contribution < 1.29 is 55.9 Å². The fourth-order valence-electron chi connectivity index (χ4n) is 4.30. The zero-order chi connectivity index (χ0) is 35.3. The van der Waals surface area contributed by atoms with E-state index in [1.54, 1.807) is 17.7 Å². The van der Waals surface area contributed by atoms with Crippen molar-refractivity contribution in [2.75, 3.05) is 18.3 Å². The third-order valence-corrected chi connectivity index (χ3v) is 12.9. The Kier molecular flexibility index (Phi) is 14.3. The summed E-state index contributed by atoms with van der Waals surface area (Å²) in [6.07, 6.45) is -0.808. The number of hydrogen-bond donors (Lipinski definition) is 5. The van der Waals surface area contributed by atoms with E-state index in [4.69, 9.17) is 29.5 Å². The first-order valence-electron chi connectivity index (χ1n) is 13.6.